The highest BCUT2D eigenvalue weighted by Gasteiger charge is 2.14. The summed E-state index contributed by atoms with van der Waals surface area (Å²) >= 11 is 0. The minimum absolute atomic E-state index is 0.970. The van der Waals surface area contributed by atoms with Gasteiger partial charge in [-0.1, -0.05) is 0 Å². The van der Waals surface area contributed by atoms with Crippen LogP contribution in [-0.2, 0) is 7.05 Å². The van der Waals surface area contributed by atoms with Gasteiger partial charge in [0.1, 0.15) is 5.82 Å². The molecule has 0 aromatic carbocycles. The molecular formula is C9H17N5. The van der Waals surface area contributed by atoms with Gasteiger partial charge in [-0.25, -0.2) is 0 Å². The van der Waals surface area contributed by atoms with E-state index in [2.05, 4.69) is 20.4 Å². The van der Waals surface area contributed by atoms with Crippen molar-refractivity contribution < 1.29 is 0 Å². The van der Waals surface area contributed by atoms with Crippen molar-refractivity contribution in [3.8, 4) is 0 Å². The molecule has 5 nitrogen and oxygen atoms in total. The minimum atomic E-state index is 0.970. The van der Waals surface area contributed by atoms with Crippen molar-refractivity contribution in [3.05, 3.63) is 5.82 Å². The molecule has 0 aliphatic carbocycles. The molecule has 5 heteroatoms. The molecule has 0 saturated carbocycles. The summed E-state index contributed by atoms with van der Waals surface area (Å²) in [6.45, 7) is 6.21. The Morgan fingerprint density at radius 2 is 2.07 bits per heavy atom. The number of nitrogens with zero attached hydrogens (tertiary/aromatic N) is 4. The van der Waals surface area contributed by atoms with E-state index in [4.69, 9.17) is 0 Å². The van der Waals surface area contributed by atoms with E-state index in [1.165, 1.54) is 6.42 Å². The summed E-state index contributed by atoms with van der Waals surface area (Å²) in [6, 6.07) is 0. The fourth-order valence-corrected chi connectivity index (χ4v) is 1.72. The van der Waals surface area contributed by atoms with Crippen molar-refractivity contribution in [1.82, 2.24) is 20.1 Å². The van der Waals surface area contributed by atoms with Crippen LogP contribution in [0.3, 0.4) is 0 Å². The smallest absolute Gasteiger partial charge is 0.227 e. The van der Waals surface area contributed by atoms with Crippen LogP contribution in [0.2, 0.25) is 0 Å². The molecule has 0 bridgehead atoms. The van der Waals surface area contributed by atoms with Crippen molar-refractivity contribution in [1.29, 1.82) is 0 Å². The second-order valence-electron chi connectivity index (χ2n) is 3.70. The second kappa shape index (κ2) is 3.96. The molecule has 78 valence electrons. The van der Waals surface area contributed by atoms with Gasteiger partial charge in [-0.05, 0) is 19.9 Å². The molecule has 0 atom stereocenters. The largest absolute Gasteiger partial charge is 0.340 e. The number of rotatable bonds is 1. The van der Waals surface area contributed by atoms with E-state index in [-0.39, 0.29) is 0 Å². The molecule has 0 amide bonds. The van der Waals surface area contributed by atoms with E-state index in [9.17, 15) is 0 Å². The average Bonchev–Trinajstić information content (AvgIpc) is 2.47. The van der Waals surface area contributed by atoms with Crippen molar-refractivity contribution in [3.63, 3.8) is 0 Å². The minimum Gasteiger partial charge on any atom is -0.340 e. The highest BCUT2D eigenvalue weighted by molar-refractivity contribution is 5.30. The Bertz CT molecular complexity index is 298. The number of aromatic nitrogens is 3. The zero-order valence-corrected chi connectivity index (χ0v) is 8.82. The lowest BCUT2D eigenvalue weighted by atomic mass is 10.4. The number of anilines is 1. The lowest BCUT2D eigenvalue weighted by molar-refractivity contribution is 0.723. The van der Waals surface area contributed by atoms with Crippen molar-refractivity contribution in [2.75, 3.05) is 31.1 Å². The predicted octanol–water partition coefficient (Wildman–Crippen LogP) is -0.0768. The maximum atomic E-state index is 4.19. The van der Waals surface area contributed by atoms with Gasteiger partial charge in [-0.2, -0.15) is 0 Å². The number of hydrogen-bond donors (Lipinski definition) is 1. The van der Waals surface area contributed by atoms with E-state index < -0.39 is 0 Å². The first kappa shape index (κ1) is 9.45. The van der Waals surface area contributed by atoms with E-state index in [0.29, 0.717) is 0 Å². The lowest BCUT2D eigenvalue weighted by Gasteiger charge is -2.20. The topological polar surface area (TPSA) is 46.0 Å². The van der Waals surface area contributed by atoms with Crippen molar-refractivity contribution in [2.24, 2.45) is 7.05 Å². The molecule has 2 heterocycles. The lowest BCUT2D eigenvalue weighted by Crippen LogP contribution is -2.30. The van der Waals surface area contributed by atoms with Crippen LogP contribution in [0.5, 0.6) is 0 Å². The molecule has 1 aromatic heterocycles. The van der Waals surface area contributed by atoms with Crippen molar-refractivity contribution >= 4 is 5.95 Å². The molecule has 2 rings (SSSR count). The summed E-state index contributed by atoms with van der Waals surface area (Å²) < 4.78 is 2.05. The van der Waals surface area contributed by atoms with Crippen LogP contribution >= 0.6 is 0 Å². The molecule has 14 heavy (non-hydrogen) atoms. The fraction of sp³-hybridized carbons (Fsp3) is 0.778. The van der Waals surface area contributed by atoms with E-state index in [0.717, 1.165) is 38.0 Å². The molecule has 1 aliphatic rings. The molecule has 1 saturated heterocycles. The number of nitrogens with one attached hydrogen (secondary N) is 1. The first-order chi connectivity index (χ1) is 6.79. The standard InChI is InChI=1S/C9H17N5/c1-8-11-12-9(13(8)2)14-6-3-4-10-5-7-14/h10H,3-7H2,1-2H3. The first-order valence-corrected chi connectivity index (χ1v) is 5.10. The Morgan fingerprint density at radius 3 is 2.79 bits per heavy atom. The highest BCUT2D eigenvalue weighted by atomic mass is 15.4. The SMILES string of the molecule is Cc1nnc(N2CCCNCC2)n1C. The molecule has 0 radical (unpaired) electrons. The Balaban J connectivity index is 2.16. The Morgan fingerprint density at radius 1 is 1.21 bits per heavy atom. The van der Waals surface area contributed by atoms with Gasteiger partial charge < -0.3 is 14.8 Å². The van der Waals surface area contributed by atoms with Crippen LogP contribution in [0, 0.1) is 6.92 Å². The molecule has 1 fully saturated rings. The van der Waals surface area contributed by atoms with Gasteiger partial charge in [0.2, 0.25) is 5.95 Å². The van der Waals surface area contributed by atoms with Crippen LogP contribution < -0.4 is 10.2 Å². The van der Waals surface area contributed by atoms with Gasteiger partial charge in [0.05, 0.1) is 0 Å². The Hall–Kier alpha value is -1.10. The van der Waals surface area contributed by atoms with Gasteiger partial charge in [0, 0.05) is 26.7 Å². The second-order valence-corrected chi connectivity index (χ2v) is 3.70. The third kappa shape index (κ3) is 1.72. The van der Waals surface area contributed by atoms with E-state index in [1.54, 1.807) is 0 Å². The van der Waals surface area contributed by atoms with Crippen LogP contribution in [0.1, 0.15) is 12.2 Å². The van der Waals surface area contributed by atoms with Gasteiger partial charge in [-0.3, -0.25) is 0 Å². The van der Waals surface area contributed by atoms with Crippen LogP contribution in [0.15, 0.2) is 0 Å². The van der Waals surface area contributed by atoms with Crippen LogP contribution in [-0.4, -0.2) is 40.9 Å². The molecule has 0 spiro atoms. The third-order valence-corrected chi connectivity index (χ3v) is 2.69. The molecule has 1 aromatic rings. The van der Waals surface area contributed by atoms with E-state index in [1.807, 2.05) is 18.5 Å². The van der Waals surface area contributed by atoms with Gasteiger partial charge >= 0.3 is 0 Å². The van der Waals surface area contributed by atoms with Gasteiger partial charge in [0.25, 0.3) is 0 Å². The van der Waals surface area contributed by atoms with Gasteiger partial charge in [0.15, 0.2) is 0 Å². The van der Waals surface area contributed by atoms with Crippen molar-refractivity contribution in [2.45, 2.75) is 13.3 Å². The summed E-state index contributed by atoms with van der Waals surface area (Å²) in [4.78, 5) is 2.29. The monoisotopic (exact) mass is 195 g/mol. The fourth-order valence-electron chi connectivity index (χ4n) is 1.72. The zero-order valence-electron chi connectivity index (χ0n) is 8.82. The van der Waals surface area contributed by atoms with Crippen LogP contribution in [0.25, 0.3) is 0 Å². The van der Waals surface area contributed by atoms with Gasteiger partial charge in [-0.15, -0.1) is 10.2 Å². The normalized spacial score (nSPS) is 18.3. The maximum absolute atomic E-state index is 4.19. The number of aryl methyl sites for hydroxylation is 1. The average molecular weight is 195 g/mol. The third-order valence-electron chi connectivity index (χ3n) is 2.69. The summed E-state index contributed by atoms with van der Waals surface area (Å²) in [6.07, 6.45) is 1.17. The maximum Gasteiger partial charge on any atom is 0.227 e. The Kier molecular flexibility index (Phi) is 2.67. The Labute approximate surface area is 84.1 Å². The van der Waals surface area contributed by atoms with E-state index >= 15 is 0 Å². The summed E-state index contributed by atoms with van der Waals surface area (Å²) in [7, 11) is 2.02. The first-order valence-electron chi connectivity index (χ1n) is 5.10. The predicted molar refractivity (Wildman–Crippen MR) is 55.4 cm³/mol. The van der Waals surface area contributed by atoms with Crippen LogP contribution in [0.4, 0.5) is 5.95 Å². The molecule has 1 aliphatic heterocycles. The summed E-state index contributed by atoms with van der Waals surface area (Å²) in [5.74, 6) is 1.96. The molecule has 1 N–H and O–H groups in total. The zero-order chi connectivity index (χ0) is 9.97. The summed E-state index contributed by atoms with van der Waals surface area (Å²) in [5.41, 5.74) is 0. The summed E-state index contributed by atoms with van der Waals surface area (Å²) in [5, 5.41) is 11.6. The molecule has 0 unspecified atom stereocenters. The quantitative estimate of drug-likeness (QED) is 0.681. The number of hydrogen-bond acceptors (Lipinski definition) is 4. The molecular weight excluding hydrogens is 178 g/mol. The highest BCUT2D eigenvalue weighted by Crippen LogP contribution is 2.11.